The molecule has 0 aliphatic carbocycles. The van der Waals surface area contributed by atoms with Crippen LogP contribution in [0.5, 0.6) is 0 Å². The van der Waals surface area contributed by atoms with Gasteiger partial charge in [0.05, 0.1) is 12.4 Å². The minimum atomic E-state index is 0.0375. The fourth-order valence-electron chi connectivity index (χ4n) is 1.56. The highest BCUT2D eigenvalue weighted by Gasteiger charge is 2.08. The van der Waals surface area contributed by atoms with Crippen molar-refractivity contribution in [3.8, 4) is 0 Å². The van der Waals surface area contributed by atoms with E-state index in [0.717, 1.165) is 11.4 Å². The Morgan fingerprint density at radius 2 is 1.90 bits per heavy atom. The van der Waals surface area contributed by atoms with E-state index in [1.165, 1.54) is 5.56 Å². The average Bonchev–Trinajstić information content (AvgIpc) is 2.43. The van der Waals surface area contributed by atoms with Gasteiger partial charge < -0.3 is 15.4 Å². The predicted octanol–water partition coefficient (Wildman–Crippen LogP) is 2.43. The molecule has 0 saturated carbocycles. The lowest BCUT2D eigenvalue weighted by Crippen LogP contribution is -2.35. The van der Waals surface area contributed by atoms with Gasteiger partial charge in [0.1, 0.15) is 0 Å². The van der Waals surface area contributed by atoms with Crippen LogP contribution in [0.15, 0.2) is 29.2 Å². The molecule has 0 aliphatic heterocycles. The van der Waals surface area contributed by atoms with Gasteiger partial charge in [-0.25, -0.2) is 0 Å². The van der Waals surface area contributed by atoms with Crippen molar-refractivity contribution in [1.29, 1.82) is 0 Å². The minimum absolute atomic E-state index is 0.0375. The molecule has 0 fully saturated rings. The lowest BCUT2D eigenvalue weighted by molar-refractivity contribution is -0.118. The van der Waals surface area contributed by atoms with Crippen molar-refractivity contribution in [3.05, 3.63) is 29.8 Å². The van der Waals surface area contributed by atoms with Crippen molar-refractivity contribution in [2.45, 2.75) is 37.8 Å². The standard InChI is InChI=1S/C16H26N2O2S/c1-16(2,3)18-11-13-5-7-14(8-6-13)21-12-15(19)17-9-10-20-4/h5-8,18H,9-12H2,1-4H3,(H,17,19). The molecule has 2 N–H and O–H groups in total. The maximum atomic E-state index is 11.6. The zero-order valence-corrected chi connectivity index (χ0v) is 14.2. The highest BCUT2D eigenvalue weighted by Crippen LogP contribution is 2.18. The first-order chi connectivity index (χ1) is 9.90. The number of carbonyl (C=O) groups is 1. The number of amides is 1. The molecule has 1 amide bonds. The van der Waals surface area contributed by atoms with Crippen LogP contribution in [0.25, 0.3) is 0 Å². The van der Waals surface area contributed by atoms with E-state index in [2.05, 4.69) is 55.7 Å². The van der Waals surface area contributed by atoms with Gasteiger partial charge in [-0.2, -0.15) is 0 Å². The van der Waals surface area contributed by atoms with Gasteiger partial charge in [-0.15, -0.1) is 11.8 Å². The summed E-state index contributed by atoms with van der Waals surface area (Å²) in [6.45, 7) is 8.42. The maximum Gasteiger partial charge on any atom is 0.230 e. The molecule has 0 aromatic heterocycles. The normalized spacial score (nSPS) is 11.4. The van der Waals surface area contributed by atoms with Crippen LogP contribution in [0.2, 0.25) is 0 Å². The molecule has 4 nitrogen and oxygen atoms in total. The van der Waals surface area contributed by atoms with Gasteiger partial charge in [-0.1, -0.05) is 12.1 Å². The van der Waals surface area contributed by atoms with Crippen LogP contribution < -0.4 is 10.6 Å². The molecule has 1 rings (SSSR count). The lowest BCUT2D eigenvalue weighted by atomic mass is 10.1. The van der Waals surface area contributed by atoms with Gasteiger partial charge in [0.25, 0.3) is 0 Å². The average molecular weight is 310 g/mol. The van der Waals surface area contributed by atoms with Crippen molar-refractivity contribution in [2.24, 2.45) is 0 Å². The SMILES string of the molecule is COCCNC(=O)CSc1ccc(CNC(C)(C)C)cc1. The molecule has 0 heterocycles. The largest absolute Gasteiger partial charge is 0.383 e. The number of nitrogens with one attached hydrogen (secondary N) is 2. The topological polar surface area (TPSA) is 50.4 Å². The van der Waals surface area contributed by atoms with Crippen molar-refractivity contribution in [3.63, 3.8) is 0 Å². The zero-order valence-electron chi connectivity index (χ0n) is 13.4. The van der Waals surface area contributed by atoms with Crippen molar-refractivity contribution in [1.82, 2.24) is 10.6 Å². The van der Waals surface area contributed by atoms with E-state index in [9.17, 15) is 4.79 Å². The minimum Gasteiger partial charge on any atom is -0.383 e. The highest BCUT2D eigenvalue weighted by atomic mass is 32.2. The zero-order chi connectivity index (χ0) is 15.7. The Hall–Kier alpha value is -1.04. The second-order valence-corrected chi connectivity index (χ2v) is 6.93. The summed E-state index contributed by atoms with van der Waals surface area (Å²) in [5.41, 5.74) is 1.37. The number of ether oxygens (including phenoxy) is 1. The maximum absolute atomic E-state index is 11.6. The molecule has 0 spiro atoms. The Kier molecular flexibility index (Phi) is 7.78. The predicted molar refractivity (Wildman–Crippen MR) is 88.6 cm³/mol. The molecule has 118 valence electrons. The molecule has 5 heteroatoms. The van der Waals surface area contributed by atoms with E-state index < -0.39 is 0 Å². The Morgan fingerprint density at radius 3 is 2.48 bits per heavy atom. The molecule has 0 radical (unpaired) electrons. The second-order valence-electron chi connectivity index (χ2n) is 5.88. The fourth-order valence-corrected chi connectivity index (χ4v) is 2.29. The number of methoxy groups -OCH3 is 1. The molecule has 1 aromatic rings. The van der Waals surface area contributed by atoms with E-state index in [1.54, 1.807) is 18.9 Å². The fraction of sp³-hybridized carbons (Fsp3) is 0.562. The number of rotatable bonds is 8. The third-order valence-corrected chi connectivity index (χ3v) is 3.76. The quantitative estimate of drug-likeness (QED) is 0.572. The van der Waals surface area contributed by atoms with Crippen molar-refractivity contribution >= 4 is 17.7 Å². The van der Waals surface area contributed by atoms with Crippen molar-refractivity contribution in [2.75, 3.05) is 26.0 Å². The lowest BCUT2D eigenvalue weighted by Gasteiger charge is -2.20. The summed E-state index contributed by atoms with van der Waals surface area (Å²) in [5, 5.41) is 6.26. The summed E-state index contributed by atoms with van der Waals surface area (Å²) >= 11 is 1.55. The van der Waals surface area contributed by atoms with Gasteiger partial charge >= 0.3 is 0 Å². The van der Waals surface area contributed by atoms with Gasteiger partial charge in [-0.3, -0.25) is 4.79 Å². The highest BCUT2D eigenvalue weighted by molar-refractivity contribution is 8.00. The Balaban J connectivity index is 2.32. The van der Waals surface area contributed by atoms with Crippen LogP contribution in [0, 0.1) is 0 Å². The summed E-state index contributed by atoms with van der Waals surface area (Å²) in [6, 6.07) is 8.33. The van der Waals surface area contributed by atoms with Crippen LogP contribution in [-0.2, 0) is 16.1 Å². The molecule has 0 bridgehead atoms. The van der Waals surface area contributed by atoms with Crippen LogP contribution in [-0.4, -0.2) is 37.5 Å². The number of hydrogen-bond acceptors (Lipinski definition) is 4. The van der Waals surface area contributed by atoms with Crippen LogP contribution in [0.1, 0.15) is 26.3 Å². The summed E-state index contributed by atoms with van der Waals surface area (Å²) in [7, 11) is 1.62. The molecule has 0 aliphatic rings. The number of carbonyl (C=O) groups excluding carboxylic acids is 1. The van der Waals surface area contributed by atoms with E-state index in [4.69, 9.17) is 4.74 Å². The summed E-state index contributed by atoms with van der Waals surface area (Å²) in [4.78, 5) is 12.7. The summed E-state index contributed by atoms with van der Waals surface area (Å²) in [6.07, 6.45) is 0. The summed E-state index contributed by atoms with van der Waals surface area (Å²) in [5.74, 6) is 0.471. The van der Waals surface area contributed by atoms with Crippen molar-refractivity contribution < 1.29 is 9.53 Å². The second kappa shape index (κ2) is 9.07. The van der Waals surface area contributed by atoms with Crippen LogP contribution in [0.3, 0.4) is 0 Å². The monoisotopic (exact) mass is 310 g/mol. The molecule has 0 unspecified atom stereocenters. The van der Waals surface area contributed by atoms with E-state index >= 15 is 0 Å². The van der Waals surface area contributed by atoms with E-state index in [1.807, 2.05) is 0 Å². The smallest absolute Gasteiger partial charge is 0.230 e. The summed E-state index contributed by atoms with van der Waals surface area (Å²) < 4.78 is 4.89. The first-order valence-corrected chi connectivity index (χ1v) is 8.12. The number of thioether (sulfide) groups is 1. The van der Waals surface area contributed by atoms with Crippen LogP contribution >= 0.6 is 11.8 Å². The third-order valence-electron chi connectivity index (χ3n) is 2.74. The molecule has 0 saturated heterocycles. The van der Waals surface area contributed by atoms with Gasteiger partial charge in [0.15, 0.2) is 0 Å². The molecule has 0 atom stereocenters. The number of benzene rings is 1. The Labute approximate surface area is 132 Å². The third kappa shape index (κ3) is 8.75. The van der Waals surface area contributed by atoms with E-state index in [-0.39, 0.29) is 11.4 Å². The first kappa shape index (κ1) is 18.0. The van der Waals surface area contributed by atoms with Gasteiger partial charge in [0.2, 0.25) is 5.91 Å². The van der Waals surface area contributed by atoms with Crippen LogP contribution in [0.4, 0.5) is 0 Å². The first-order valence-electron chi connectivity index (χ1n) is 7.13. The molecular weight excluding hydrogens is 284 g/mol. The Bertz CT molecular complexity index is 427. The number of hydrogen-bond donors (Lipinski definition) is 2. The molecular formula is C16H26N2O2S. The Morgan fingerprint density at radius 1 is 1.24 bits per heavy atom. The molecule has 21 heavy (non-hydrogen) atoms. The molecule has 1 aromatic carbocycles. The van der Waals surface area contributed by atoms with E-state index in [0.29, 0.717) is 18.9 Å². The van der Waals surface area contributed by atoms with Gasteiger partial charge in [0, 0.05) is 30.6 Å². The van der Waals surface area contributed by atoms with Gasteiger partial charge in [-0.05, 0) is 38.5 Å².